The van der Waals surface area contributed by atoms with Gasteiger partial charge in [-0.2, -0.15) is 0 Å². The Kier molecular flexibility index (Phi) is 5.28. The molecule has 0 aliphatic carbocycles. The van der Waals surface area contributed by atoms with Gasteiger partial charge in [0, 0.05) is 4.47 Å². The van der Waals surface area contributed by atoms with Crippen LogP contribution in [0.5, 0.6) is 0 Å². The number of allylic oxidation sites excluding steroid dienone is 1. The zero-order chi connectivity index (χ0) is 13.6. The lowest BCUT2D eigenvalue weighted by Crippen LogP contribution is -2.38. The molecule has 0 spiro atoms. The van der Waals surface area contributed by atoms with Crippen molar-refractivity contribution in [3.8, 4) is 0 Å². The van der Waals surface area contributed by atoms with Crippen LogP contribution >= 0.6 is 15.9 Å². The molecule has 1 atom stereocenters. The quantitative estimate of drug-likeness (QED) is 0.351. The van der Waals surface area contributed by atoms with Crippen LogP contribution in [0.1, 0.15) is 18.9 Å². The molecule has 0 N–H and O–H groups in total. The van der Waals surface area contributed by atoms with Gasteiger partial charge in [0.15, 0.2) is 5.41 Å². The van der Waals surface area contributed by atoms with Gasteiger partial charge in [0.05, 0.1) is 6.61 Å². The van der Waals surface area contributed by atoms with Crippen LogP contribution in [0.2, 0.25) is 0 Å². The van der Waals surface area contributed by atoms with Crippen LogP contribution < -0.4 is 0 Å². The van der Waals surface area contributed by atoms with Gasteiger partial charge >= 0.3 is 5.97 Å². The molecule has 1 aromatic rings. The number of benzene rings is 1. The second kappa shape index (κ2) is 6.50. The Balaban J connectivity index is 3.25. The number of rotatable bonds is 6. The first-order valence-electron chi connectivity index (χ1n) is 5.61. The number of aldehydes is 1. The first-order chi connectivity index (χ1) is 8.60. The molecular formula is C14H15BrO3. The number of ether oxygens (including phenoxy) is 1. The third-order valence-corrected chi connectivity index (χ3v) is 3.20. The van der Waals surface area contributed by atoms with Gasteiger partial charge in [-0.15, -0.1) is 6.58 Å². The summed E-state index contributed by atoms with van der Waals surface area (Å²) in [6.07, 6.45) is 2.40. The average Bonchev–Trinajstić information content (AvgIpc) is 2.37. The maximum Gasteiger partial charge on any atom is 0.324 e. The maximum atomic E-state index is 12.1. The molecule has 0 saturated heterocycles. The number of carbonyl (C=O) groups excluding carboxylic acids is 2. The predicted molar refractivity (Wildman–Crippen MR) is 73.3 cm³/mol. The first-order valence-corrected chi connectivity index (χ1v) is 6.40. The first kappa shape index (κ1) is 14.6. The van der Waals surface area contributed by atoms with E-state index in [2.05, 4.69) is 22.5 Å². The van der Waals surface area contributed by atoms with E-state index in [-0.39, 0.29) is 13.0 Å². The van der Waals surface area contributed by atoms with Gasteiger partial charge in [-0.3, -0.25) is 4.79 Å². The SMILES string of the molecule is C=CCC(C=O)(C(=O)OCC)c1ccc(Br)cc1. The molecule has 3 nitrogen and oxygen atoms in total. The second-order valence-electron chi connectivity index (χ2n) is 3.81. The van der Waals surface area contributed by atoms with E-state index in [0.717, 1.165) is 4.47 Å². The molecule has 0 heterocycles. The molecule has 0 fully saturated rings. The Labute approximate surface area is 115 Å². The fourth-order valence-corrected chi connectivity index (χ4v) is 1.98. The number of halogens is 1. The molecule has 1 unspecified atom stereocenters. The summed E-state index contributed by atoms with van der Waals surface area (Å²) in [6.45, 7) is 5.55. The van der Waals surface area contributed by atoms with Crippen LogP contribution in [0.4, 0.5) is 0 Å². The molecule has 0 aliphatic heterocycles. The van der Waals surface area contributed by atoms with Crippen molar-refractivity contribution < 1.29 is 14.3 Å². The second-order valence-corrected chi connectivity index (χ2v) is 4.73. The summed E-state index contributed by atoms with van der Waals surface area (Å²) < 4.78 is 5.89. The number of hydrogen-bond acceptors (Lipinski definition) is 3. The standard InChI is InChI=1S/C14H15BrO3/c1-3-9-14(10-16,13(17)18-4-2)11-5-7-12(15)8-6-11/h3,5-8,10H,1,4,9H2,2H3. The molecule has 1 aromatic carbocycles. The average molecular weight is 311 g/mol. The summed E-state index contributed by atoms with van der Waals surface area (Å²) in [4.78, 5) is 23.5. The molecule has 4 heteroatoms. The van der Waals surface area contributed by atoms with E-state index in [0.29, 0.717) is 11.8 Å². The van der Waals surface area contributed by atoms with Gasteiger partial charge < -0.3 is 9.53 Å². The molecule has 0 radical (unpaired) electrons. The monoisotopic (exact) mass is 310 g/mol. The van der Waals surface area contributed by atoms with Crippen molar-refractivity contribution in [3.63, 3.8) is 0 Å². The summed E-state index contributed by atoms with van der Waals surface area (Å²) >= 11 is 3.32. The number of carbonyl (C=O) groups is 2. The van der Waals surface area contributed by atoms with E-state index >= 15 is 0 Å². The zero-order valence-corrected chi connectivity index (χ0v) is 11.8. The number of esters is 1. The van der Waals surface area contributed by atoms with Crippen molar-refractivity contribution >= 4 is 28.2 Å². The van der Waals surface area contributed by atoms with Crippen molar-refractivity contribution in [2.45, 2.75) is 18.8 Å². The van der Waals surface area contributed by atoms with Crippen molar-refractivity contribution in [2.75, 3.05) is 6.61 Å². The minimum atomic E-state index is -1.29. The van der Waals surface area contributed by atoms with E-state index in [1.54, 1.807) is 37.3 Å². The normalized spacial score (nSPS) is 13.4. The molecule has 0 aliphatic rings. The lowest BCUT2D eigenvalue weighted by atomic mass is 9.79. The highest BCUT2D eigenvalue weighted by Gasteiger charge is 2.40. The van der Waals surface area contributed by atoms with Crippen LogP contribution in [-0.2, 0) is 19.7 Å². The summed E-state index contributed by atoms with van der Waals surface area (Å²) in [5.41, 5.74) is -0.683. The van der Waals surface area contributed by atoms with Crippen LogP contribution in [0.25, 0.3) is 0 Å². The Hall–Kier alpha value is -1.42. The van der Waals surface area contributed by atoms with Crippen molar-refractivity contribution in [3.05, 3.63) is 47.0 Å². The summed E-state index contributed by atoms with van der Waals surface area (Å²) in [7, 11) is 0. The van der Waals surface area contributed by atoms with Gasteiger partial charge in [-0.1, -0.05) is 34.1 Å². The molecule has 0 aromatic heterocycles. The van der Waals surface area contributed by atoms with E-state index in [9.17, 15) is 9.59 Å². The van der Waals surface area contributed by atoms with Crippen LogP contribution in [-0.4, -0.2) is 18.9 Å². The Morgan fingerprint density at radius 3 is 2.50 bits per heavy atom. The molecule has 1 rings (SSSR count). The molecule has 18 heavy (non-hydrogen) atoms. The van der Waals surface area contributed by atoms with Gasteiger partial charge in [-0.25, -0.2) is 0 Å². The smallest absolute Gasteiger partial charge is 0.324 e. The largest absolute Gasteiger partial charge is 0.465 e. The lowest BCUT2D eigenvalue weighted by Gasteiger charge is -2.24. The van der Waals surface area contributed by atoms with Crippen molar-refractivity contribution in [1.29, 1.82) is 0 Å². The molecule has 0 bridgehead atoms. The van der Waals surface area contributed by atoms with Crippen LogP contribution in [0.15, 0.2) is 41.4 Å². The van der Waals surface area contributed by atoms with Gasteiger partial charge in [0.25, 0.3) is 0 Å². The van der Waals surface area contributed by atoms with Crippen molar-refractivity contribution in [2.24, 2.45) is 0 Å². The van der Waals surface area contributed by atoms with E-state index in [1.807, 2.05) is 0 Å². The zero-order valence-electron chi connectivity index (χ0n) is 10.2. The lowest BCUT2D eigenvalue weighted by molar-refractivity contribution is -0.151. The third-order valence-electron chi connectivity index (χ3n) is 2.67. The summed E-state index contributed by atoms with van der Waals surface area (Å²) in [5.74, 6) is -0.540. The van der Waals surface area contributed by atoms with E-state index < -0.39 is 11.4 Å². The highest BCUT2D eigenvalue weighted by atomic mass is 79.9. The highest BCUT2D eigenvalue weighted by Crippen LogP contribution is 2.29. The van der Waals surface area contributed by atoms with Crippen molar-refractivity contribution in [1.82, 2.24) is 0 Å². The topological polar surface area (TPSA) is 43.4 Å². The minimum absolute atomic E-state index is 0.219. The van der Waals surface area contributed by atoms with Gasteiger partial charge in [0.2, 0.25) is 0 Å². The Morgan fingerprint density at radius 2 is 2.06 bits per heavy atom. The fraction of sp³-hybridized carbons (Fsp3) is 0.286. The Bertz CT molecular complexity index is 439. The van der Waals surface area contributed by atoms with Gasteiger partial charge in [-0.05, 0) is 31.0 Å². The van der Waals surface area contributed by atoms with Crippen LogP contribution in [0, 0.1) is 0 Å². The number of hydrogen-bond donors (Lipinski definition) is 0. The fourth-order valence-electron chi connectivity index (χ4n) is 1.72. The minimum Gasteiger partial charge on any atom is -0.465 e. The predicted octanol–water partition coefficient (Wildman–Crippen LogP) is 3.03. The van der Waals surface area contributed by atoms with E-state index in [4.69, 9.17) is 4.74 Å². The summed E-state index contributed by atoms with van der Waals surface area (Å²) in [6, 6.07) is 7.05. The molecule has 0 amide bonds. The molecule has 0 saturated carbocycles. The highest BCUT2D eigenvalue weighted by molar-refractivity contribution is 9.10. The Morgan fingerprint density at radius 1 is 1.44 bits per heavy atom. The third kappa shape index (κ3) is 2.88. The summed E-state index contributed by atoms with van der Waals surface area (Å²) in [5, 5.41) is 0. The molecule has 96 valence electrons. The van der Waals surface area contributed by atoms with Gasteiger partial charge in [0.1, 0.15) is 6.29 Å². The maximum absolute atomic E-state index is 12.1. The molecular weight excluding hydrogens is 296 g/mol. The van der Waals surface area contributed by atoms with Crippen LogP contribution in [0.3, 0.4) is 0 Å². The van der Waals surface area contributed by atoms with E-state index in [1.165, 1.54) is 0 Å².